The molecule has 1 amide bonds. The Morgan fingerprint density at radius 3 is 2.53 bits per heavy atom. The van der Waals surface area contributed by atoms with Crippen molar-refractivity contribution in [3.8, 4) is 0 Å². The minimum atomic E-state index is -4.53. The average molecular weight is 433 g/mol. The topological polar surface area (TPSA) is 99.3 Å². The highest BCUT2D eigenvalue weighted by Crippen LogP contribution is 2.40. The fourth-order valence-electron chi connectivity index (χ4n) is 3.99. The van der Waals surface area contributed by atoms with Gasteiger partial charge in [0.15, 0.2) is 5.65 Å². The molecule has 1 fully saturated rings. The predicted molar refractivity (Wildman–Crippen MR) is 98.6 cm³/mol. The standard InChI is InChI=1S/C19H24F5N5O/c1-10(13(17(26)30)7-19(22,23)24)12-6-15-28-14(9-29(15)27-8-12)16(25)11-2-4-18(20,21)5-3-11/h6,8-11,13,16H,2-5,7,25H2,1H3,(H2,26,30)/t10?,13-,16-/m0/s1. The third-order valence-electron chi connectivity index (χ3n) is 5.92. The van der Waals surface area contributed by atoms with Crippen LogP contribution in [0, 0.1) is 11.8 Å². The molecule has 3 rings (SSSR count). The Labute approximate surface area is 169 Å². The Morgan fingerprint density at radius 1 is 1.33 bits per heavy atom. The number of nitrogens with two attached hydrogens (primary N) is 2. The summed E-state index contributed by atoms with van der Waals surface area (Å²) in [4.78, 5) is 16.0. The molecule has 0 aromatic carbocycles. The van der Waals surface area contributed by atoms with Crippen LogP contribution in [0.2, 0.25) is 0 Å². The molecule has 0 spiro atoms. The summed E-state index contributed by atoms with van der Waals surface area (Å²) in [5.41, 5.74) is 12.6. The van der Waals surface area contributed by atoms with Crippen LogP contribution in [0.15, 0.2) is 18.5 Å². The van der Waals surface area contributed by atoms with E-state index in [0.29, 0.717) is 16.9 Å². The van der Waals surface area contributed by atoms with E-state index in [1.807, 2.05) is 0 Å². The summed E-state index contributed by atoms with van der Waals surface area (Å²) in [6, 6.07) is 0.988. The second kappa shape index (κ2) is 8.09. The van der Waals surface area contributed by atoms with E-state index in [4.69, 9.17) is 11.5 Å². The highest BCUT2D eigenvalue weighted by molar-refractivity contribution is 5.77. The van der Waals surface area contributed by atoms with E-state index in [1.54, 1.807) is 6.20 Å². The molecule has 0 radical (unpaired) electrons. The summed E-state index contributed by atoms with van der Waals surface area (Å²) < 4.78 is 66.6. The van der Waals surface area contributed by atoms with E-state index in [1.165, 1.54) is 23.7 Å². The summed E-state index contributed by atoms with van der Waals surface area (Å²) in [5.74, 6) is -6.10. The number of carbonyl (C=O) groups is 1. The monoisotopic (exact) mass is 433 g/mol. The van der Waals surface area contributed by atoms with Crippen LogP contribution >= 0.6 is 0 Å². The third-order valence-corrected chi connectivity index (χ3v) is 5.92. The largest absolute Gasteiger partial charge is 0.389 e. The molecule has 2 aromatic heterocycles. The quantitative estimate of drug-likeness (QED) is 0.679. The molecule has 0 aliphatic heterocycles. The van der Waals surface area contributed by atoms with Crippen molar-refractivity contribution in [2.75, 3.05) is 0 Å². The van der Waals surface area contributed by atoms with E-state index in [0.717, 1.165) is 0 Å². The van der Waals surface area contributed by atoms with Crippen LogP contribution in [0.5, 0.6) is 0 Å². The molecule has 0 bridgehead atoms. The number of hydrogen-bond donors (Lipinski definition) is 2. The van der Waals surface area contributed by atoms with Crippen LogP contribution in [0.1, 0.15) is 62.2 Å². The maximum atomic E-state index is 13.4. The molecule has 1 saturated carbocycles. The predicted octanol–water partition coefficient (Wildman–Crippen LogP) is 3.71. The zero-order valence-corrected chi connectivity index (χ0v) is 16.4. The molecule has 1 aliphatic carbocycles. The maximum absolute atomic E-state index is 13.4. The van der Waals surface area contributed by atoms with E-state index in [9.17, 15) is 26.7 Å². The van der Waals surface area contributed by atoms with Crippen molar-refractivity contribution in [2.45, 2.75) is 63.1 Å². The van der Waals surface area contributed by atoms with Gasteiger partial charge >= 0.3 is 6.18 Å². The third kappa shape index (κ3) is 5.05. The van der Waals surface area contributed by atoms with Crippen molar-refractivity contribution < 1.29 is 26.7 Å². The van der Waals surface area contributed by atoms with Gasteiger partial charge in [-0.25, -0.2) is 18.3 Å². The number of fused-ring (bicyclic) bond motifs is 1. The molecule has 2 aromatic rings. The lowest BCUT2D eigenvalue weighted by Gasteiger charge is -2.31. The number of hydrogen-bond acceptors (Lipinski definition) is 4. The van der Waals surface area contributed by atoms with Gasteiger partial charge in [-0.2, -0.15) is 18.3 Å². The van der Waals surface area contributed by atoms with Crippen LogP contribution < -0.4 is 11.5 Å². The van der Waals surface area contributed by atoms with Gasteiger partial charge < -0.3 is 11.5 Å². The first-order valence-electron chi connectivity index (χ1n) is 9.71. The molecule has 3 atom stereocenters. The number of aromatic nitrogens is 3. The van der Waals surface area contributed by atoms with Crippen molar-refractivity contribution in [1.29, 1.82) is 0 Å². The normalized spacial score (nSPS) is 20.8. The minimum Gasteiger partial charge on any atom is -0.369 e. The molecule has 6 nitrogen and oxygen atoms in total. The summed E-state index contributed by atoms with van der Waals surface area (Å²) >= 11 is 0. The van der Waals surface area contributed by atoms with Gasteiger partial charge in [-0.05, 0) is 36.3 Å². The Balaban J connectivity index is 1.81. The molecule has 4 N–H and O–H groups in total. The van der Waals surface area contributed by atoms with E-state index >= 15 is 0 Å². The lowest BCUT2D eigenvalue weighted by Crippen LogP contribution is -2.32. The van der Waals surface area contributed by atoms with E-state index < -0.39 is 42.3 Å². The highest BCUT2D eigenvalue weighted by atomic mass is 19.4. The second-order valence-electron chi connectivity index (χ2n) is 8.09. The number of imidazole rings is 1. The summed E-state index contributed by atoms with van der Waals surface area (Å²) in [6.45, 7) is 1.48. The first-order chi connectivity index (χ1) is 13.9. The van der Waals surface area contributed by atoms with Gasteiger partial charge in [0, 0.05) is 12.8 Å². The number of nitrogens with zero attached hydrogens (tertiary/aromatic N) is 3. The van der Waals surface area contributed by atoms with Gasteiger partial charge in [0.05, 0.1) is 36.5 Å². The number of primary amides is 1. The van der Waals surface area contributed by atoms with Crippen molar-refractivity contribution in [2.24, 2.45) is 23.3 Å². The second-order valence-corrected chi connectivity index (χ2v) is 8.09. The molecule has 166 valence electrons. The molecular weight excluding hydrogens is 409 g/mol. The van der Waals surface area contributed by atoms with Crippen molar-refractivity contribution in [3.05, 3.63) is 29.7 Å². The fourth-order valence-corrected chi connectivity index (χ4v) is 3.99. The first kappa shape index (κ1) is 22.4. The van der Waals surface area contributed by atoms with Gasteiger partial charge in [0.2, 0.25) is 11.8 Å². The number of rotatable bonds is 6. The van der Waals surface area contributed by atoms with Crippen LogP contribution in [0.25, 0.3) is 5.65 Å². The number of carbonyl (C=O) groups excluding carboxylic acids is 1. The van der Waals surface area contributed by atoms with Gasteiger partial charge in [-0.3, -0.25) is 4.79 Å². The van der Waals surface area contributed by atoms with Crippen molar-refractivity contribution in [3.63, 3.8) is 0 Å². The molecular formula is C19H24F5N5O. The Morgan fingerprint density at radius 2 is 1.97 bits per heavy atom. The highest BCUT2D eigenvalue weighted by Gasteiger charge is 2.39. The summed E-state index contributed by atoms with van der Waals surface area (Å²) in [6.07, 6.45) is -2.77. The van der Waals surface area contributed by atoms with Crippen LogP contribution in [0.4, 0.5) is 22.0 Å². The molecule has 1 aliphatic rings. The Kier molecular flexibility index (Phi) is 6.03. The van der Waals surface area contributed by atoms with Crippen LogP contribution in [0.3, 0.4) is 0 Å². The van der Waals surface area contributed by atoms with E-state index in [2.05, 4.69) is 10.1 Å². The van der Waals surface area contributed by atoms with Gasteiger partial charge in [-0.1, -0.05) is 6.92 Å². The van der Waals surface area contributed by atoms with Crippen molar-refractivity contribution >= 4 is 11.6 Å². The number of amides is 1. The van der Waals surface area contributed by atoms with Crippen LogP contribution in [-0.2, 0) is 4.79 Å². The summed E-state index contributed by atoms with van der Waals surface area (Å²) in [7, 11) is 0. The smallest absolute Gasteiger partial charge is 0.369 e. The van der Waals surface area contributed by atoms with Gasteiger partial charge in [-0.15, -0.1) is 0 Å². The number of alkyl halides is 5. The molecule has 11 heteroatoms. The lowest BCUT2D eigenvalue weighted by atomic mass is 9.81. The summed E-state index contributed by atoms with van der Waals surface area (Å²) in [5, 5.41) is 4.16. The zero-order chi connectivity index (χ0) is 22.3. The maximum Gasteiger partial charge on any atom is 0.389 e. The van der Waals surface area contributed by atoms with Gasteiger partial charge in [0.25, 0.3) is 0 Å². The van der Waals surface area contributed by atoms with E-state index in [-0.39, 0.29) is 31.6 Å². The SMILES string of the molecule is CC(c1cnn2cc([C@@H](N)C3CCC(F)(F)CC3)nc2c1)[C@H](CC(F)(F)F)C(N)=O. The lowest BCUT2D eigenvalue weighted by molar-refractivity contribution is -0.154. The minimum absolute atomic E-state index is 0.140. The number of halogens is 5. The fraction of sp³-hybridized carbons (Fsp3) is 0.632. The molecule has 1 unspecified atom stereocenters. The zero-order valence-electron chi connectivity index (χ0n) is 16.4. The van der Waals surface area contributed by atoms with Crippen LogP contribution in [-0.4, -0.2) is 32.6 Å². The van der Waals surface area contributed by atoms with Crippen molar-refractivity contribution in [1.82, 2.24) is 14.6 Å². The molecule has 2 heterocycles. The average Bonchev–Trinajstić information content (AvgIpc) is 3.07. The van der Waals surface area contributed by atoms with Gasteiger partial charge in [0.1, 0.15) is 0 Å². The molecule has 0 saturated heterocycles. The Hall–Kier alpha value is -2.30. The Bertz CT molecular complexity index is 902. The first-order valence-corrected chi connectivity index (χ1v) is 9.71. The molecule has 30 heavy (non-hydrogen) atoms.